The van der Waals surface area contributed by atoms with Crippen LogP contribution >= 0.6 is 0 Å². The second-order valence-corrected chi connectivity index (χ2v) is 7.65. The molecule has 0 unspecified atom stereocenters. The topological polar surface area (TPSA) is 60.6 Å². The number of benzene rings is 1. The van der Waals surface area contributed by atoms with E-state index in [9.17, 15) is 0 Å². The van der Waals surface area contributed by atoms with Crippen LogP contribution < -0.4 is 4.74 Å². The average molecular weight is 371 g/mol. The van der Waals surface area contributed by atoms with Gasteiger partial charge in [0.25, 0.3) is 0 Å². The number of hydrogen-bond acceptors (Lipinski definition) is 6. The van der Waals surface area contributed by atoms with Crippen molar-refractivity contribution in [2.75, 3.05) is 33.9 Å². The predicted octanol–water partition coefficient (Wildman–Crippen LogP) is 3.14. The van der Waals surface area contributed by atoms with Crippen LogP contribution in [0, 0.1) is 0 Å². The predicted molar refractivity (Wildman–Crippen MR) is 102 cm³/mol. The fraction of sp³-hybridized carbons (Fsp3) is 0.619. The third kappa shape index (κ3) is 4.17. The lowest BCUT2D eigenvalue weighted by atomic mass is 9.97. The van der Waals surface area contributed by atoms with Crippen molar-refractivity contribution < 1.29 is 14.0 Å². The van der Waals surface area contributed by atoms with Gasteiger partial charge in [-0.25, -0.2) is 0 Å². The van der Waals surface area contributed by atoms with Gasteiger partial charge in [-0.15, -0.1) is 0 Å². The van der Waals surface area contributed by atoms with Crippen molar-refractivity contribution in [2.24, 2.45) is 0 Å². The summed E-state index contributed by atoms with van der Waals surface area (Å²) >= 11 is 0. The van der Waals surface area contributed by atoms with Gasteiger partial charge in [-0.05, 0) is 55.8 Å². The normalized spacial score (nSPS) is 20.0. The van der Waals surface area contributed by atoms with E-state index in [2.05, 4.69) is 27.2 Å². The molecule has 2 heterocycles. The largest absolute Gasteiger partial charge is 0.496 e. The molecule has 1 atom stereocenters. The Morgan fingerprint density at radius 1 is 1.19 bits per heavy atom. The van der Waals surface area contributed by atoms with Gasteiger partial charge in [0.05, 0.1) is 19.6 Å². The molecule has 2 aromatic rings. The number of likely N-dealkylation sites (tertiary alicyclic amines) is 1. The molecule has 0 bridgehead atoms. The van der Waals surface area contributed by atoms with Crippen molar-refractivity contribution in [3.05, 3.63) is 40.5 Å². The van der Waals surface area contributed by atoms with Crippen molar-refractivity contribution >= 4 is 0 Å². The summed E-state index contributed by atoms with van der Waals surface area (Å²) in [6.07, 6.45) is 6.58. The maximum absolute atomic E-state index is 5.69. The Hall–Kier alpha value is -1.92. The first-order chi connectivity index (χ1) is 13.3. The first-order valence-electron chi connectivity index (χ1n) is 9.99. The summed E-state index contributed by atoms with van der Waals surface area (Å²) in [4.78, 5) is 7.08. The van der Waals surface area contributed by atoms with E-state index >= 15 is 0 Å². The lowest BCUT2D eigenvalue weighted by Gasteiger charge is -2.31. The second-order valence-electron chi connectivity index (χ2n) is 7.65. The van der Waals surface area contributed by atoms with Crippen LogP contribution in [0.5, 0.6) is 5.75 Å². The molecule has 0 radical (unpaired) electrons. The lowest BCUT2D eigenvalue weighted by molar-refractivity contribution is 0.178. The van der Waals surface area contributed by atoms with Crippen LogP contribution in [0.25, 0.3) is 0 Å². The molecule has 0 amide bonds. The van der Waals surface area contributed by atoms with Crippen molar-refractivity contribution in [3.8, 4) is 5.75 Å². The monoisotopic (exact) mass is 371 g/mol. The number of nitrogens with zero attached hydrogens (tertiary/aromatic N) is 3. The number of piperidine rings is 1. The zero-order chi connectivity index (χ0) is 18.6. The van der Waals surface area contributed by atoms with Gasteiger partial charge in [0.15, 0.2) is 5.82 Å². The molecule has 6 heteroatoms. The highest BCUT2D eigenvalue weighted by Gasteiger charge is 2.27. The number of fused-ring (bicyclic) bond motifs is 1. The van der Waals surface area contributed by atoms with Crippen molar-refractivity contribution in [2.45, 2.75) is 51.0 Å². The second kappa shape index (κ2) is 8.40. The summed E-state index contributed by atoms with van der Waals surface area (Å²) in [5.74, 6) is 2.84. The highest BCUT2D eigenvalue weighted by Crippen LogP contribution is 2.32. The van der Waals surface area contributed by atoms with Crippen LogP contribution in [0.3, 0.4) is 0 Å². The molecule has 1 saturated heterocycles. The van der Waals surface area contributed by atoms with Gasteiger partial charge in [0.1, 0.15) is 5.75 Å². The molecule has 146 valence electrons. The highest BCUT2D eigenvalue weighted by atomic mass is 16.5. The standard InChI is InChI=1S/C21H29N3O3/c1-25-10-8-20-22-21(27-23-20)17-7-4-9-24(13-17)14-18-11-15-5-3-6-16(15)12-19(18)26-2/h11-12,17H,3-10,13-14H2,1-2H3/t17-/m1/s1. The Morgan fingerprint density at radius 3 is 2.85 bits per heavy atom. The van der Waals surface area contributed by atoms with E-state index in [-0.39, 0.29) is 0 Å². The van der Waals surface area contributed by atoms with E-state index in [4.69, 9.17) is 14.0 Å². The zero-order valence-electron chi connectivity index (χ0n) is 16.4. The molecule has 4 rings (SSSR count). The Labute approximate surface area is 160 Å². The van der Waals surface area contributed by atoms with Crippen LogP contribution in [0.2, 0.25) is 0 Å². The van der Waals surface area contributed by atoms with E-state index in [1.165, 1.54) is 36.0 Å². The van der Waals surface area contributed by atoms with Gasteiger partial charge in [-0.2, -0.15) is 4.98 Å². The van der Waals surface area contributed by atoms with E-state index in [1.54, 1.807) is 14.2 Å². The SMILES string of the molecule is COCCc1noc([C@@H]2CCCN(Cc3cc4c(cc3OC)CCC4)C2)n1. The minimum absolute atomic E-state index is 0.308. The van der Waals surface area contributed by atoms with Crippen LogP contribution in [-0.4, -0.2) is 49.0 Å². The molecule has 2 aliphatic rings. The molecule has 0 saturated carbocycles. The van der Waals surface area contributed by atoms with Crippen molar-refractivity contribution in [1.29, 1.82) is 0 Å². The summed E-state index contributed by atoms with van der Waals surface area (Å²) in [5, 5.41) is 4.10. The molecule has 0 spiro atoms. The van der Waals surface area contributed by atoms with Crippen molar-refractivity contribution in [3.63, 3.8) is 0 Å². The number of hydrogen-bond donors (Lipinski definition) is 0. The summed E-state index contributed by atoms with van der Waals surface area (Å²) in [6, 6.07) is 4.61. The Kier molecular flexibility index (Phi) is 5.74. The van der Waals surface area contributed by atoms with Crippen LogP contribution in [0.1, 0.15) is 53.6 Å². The third-order valence-electron chi connectivity index (χ3n) is 5.76. The van der Waals surface area contributed by atoms with Crippen LogP contribution in [-0.2, 0) is 30.5 Å². The molecule has 1 fully saturated rings. The van der Waals surface area contributed by atoms with Gasteiger partial charge in [-0.3, -0.25) is 4.90 Å². The number of methoxy groups -OCH3 is 2. The molecule has 0 N–H and O–H groups in total. The summed E-state index contributed by atoms with van der Waals surface area (Å²) < 4.78 is 16.3. The summed E-state index contributed by atoms with van der Waals surface area (Å²) in [5.41, 5.74) is 4.26. The number of aromatic nitrogens is 2. The number of aryl methyl sites for hydroxylation is 2. The van der Waals surface area contributed by atoms with Crippen molar-refractivity contribution in [1.82, 2.24) is 15.0 Å². The van der Waals surface area contributed by atoms with E-state index in [0.29, 0.717) is 18.9 Å². The minimum Gasteiger partial charge on any atom is -0.496 e. The molecule has 6 nitrogen and oxygen atoms in total. The Balaban J connectivity index is 1.44. The van der Waals surface area contributed by atoms with E-state index in [1.807, 2.05) is 0 Å². The number of rotatable bonds is 7. The van der Waals surface area contributed by atoms with Crippen LogP contribution in [0.15, 0.2) is 16.7 Å². The molecule has 1 aromatic heterocycles. The Bertz CT molecular complexity index is 774. The maximum Gasteiger partial charge on any atom is 0.231 e. The molecular weight excluding hydrogens is 342 g/mol. The van der Waals surface area contributed by atoms with Gasteiger partial charge in [-0.1, -0.05) is 11.2 Å². The number of ether oxygens (including phenoxy) is 2. The van der Waals surface area contributed by atoms with E-state index < -0.39 is 0 Å². The smallest absolute Gasteiger partial charge is 0.231 e. The molecular formula is C21H29N3O3. The first-order valence-corrected chi connectivity index (χ1v) is 9.99. The Morgan fingerprint density at radius 2 is 2.04 bits per heavy atom. The fourth-order valence-electron chi connectivity index (χ4n) is 4.34. The van der Waals surface area contributed by atoms with E-state index in [0.717, 1.165) is 49.9 Å². The quantitative estimate of drug-likeness (QED) is 0.745. The van der Waals surface area contributed by atoms with Gasteiger partial charge in [0, 0.05) is 32.2 Å². The van der Waals surface area contributed by atoms with Gasteiger partial charge in [0.2, 0.25) is 5.89 Å². The zero-order valence-corrected chi connectivity index (χ0v) is 16.4. The summed E-state index contributed by atoms with van der Waals surface area (Å²) in [7, 11) is 3.46. The molecule has 1 aliphatic heterocycles. The minimum atomic E-state index is 0.308. The average Bonchev–Trinajstić information content (AvgIpc) is 3.35. The third-order valence-corrected chi connectivity index (χ3v) is 5.76. The molecule has 1 aromatic carbocycles. The van der Waals surface area contributed by atoms with Crippen LogP contribution in [0.4, 0.5) is 0 Å². The molecule has 1 aliphatic carbocycles. The highest BCUT2D eigenvalue weighted by molar-refractivity contribution is 5.44. The fourth-order valence-corrected chi connectivity index (χ4v) is 4.34. The lowest BCUT2D eigenvalue weighted by Crippen LogP contribution is -2.34. The maximum atomic E-state index is 5.69. The molecule has 27 heavy (non-hydrogen) atoms. The summed E-state index contributed by atoms with van der Waals surface area (Å²) in [6.45, 7) is 3.58. The van der Waals surface area contributed by atoms with Gasteiger partial charge < -0.3 is 14.0 Å². The van der Waals surface area contributed by atoms with Gasteiger partial charge >= 0.3 is 0 Å². The first kappa shape index (κ1) is 18.4.